The number of rotatable bonds is 6. The van der Waals surface area contributed by atoms with Crippen LogP contribution >= 0.6 is 0 Å². The van der Waals surface area contributed by atoms with Gasteiger partial charge in [0.15, 0.2) is 0 Å². The van der Waals surface area contributed by atoms with E-state index in [4.69, 9.17) is 0 Å². The number of hydrogen-bond donors (Lipinski definition) is 0. The minimum Gasteiger partial charge on any atom is -0.340 e. The molecule has 1 aliphatic carbocycles. The third kappa shape index (κ3) is 6.79. The molecule has 1 aromatic heterocycles. The van der Waals surface area contributed by atoms with Crippen molar-refractivity contribution in [3.63, 3.8) is 0 Å². The maximum atomic E-state index is 13.9. The number of aryl methyl sites for hydroxylation is 2. The van der Waals surface area contributed by atoms with Crippen LogP contribution < -0.4 is 4.90 Å². The molecule has 0 atom stereocenters. The average Bonchev–Trinajstić information content (AvgIpc) is 3.18. The first-order valence-corrected chi connectivity index (χ1v) is 15.5. The Morgan fingerprint density at radius 1 is 1.00 bits per heavy atom. The largest absolute Gasteiger partial charge is 0.340 e. The Kier molecular flexibility index (Phi) is 8.69. The van der Waals surface area contributed by atoms with Gasteiger partial charge in [0.25, 0.3) is 0 Å². The normalized spacial score (nSPS) is 22.0. The van der Waals surface area contributed by atoms with Gasteiger partial charge in [-0.2, -0.15) is 5.10 Å². The van der Waals surface area contributed by atoms with Crippen molar-refractivity contribution in [2.75, 3.05) is 37.6 Å². The van der Waals surface area contributed by atoms with Gasteiger partial charge in [0.1, 0.15) is 0 Å². The van der Waals surface area contributed by atoms with E-state index in [1.165, 1.54) is 23.2 Å². The summed E-state index contributed by atoms with van der Waals surface area (Å²) in [5.41, 5.74) is 6.18. The summed E-state index contributed by atoms with van der Waals surface area (Å²) >= 11 is 0. The molecule has 7 nitrogen and oxygen atoms in total. The van der Waals surface area contributed by atoms with Crippen LogP contribution in [-0.4, -0.2) is 64.1 Å². The van der Waals surface area contributed by atoms with Crippen LogP contribution in [0.15, 0.2) is 24.4 Å². The van der Waals surface area contributed by atoms with Gasteiger partial charge in [-0.3, -0.25) is 19.2 Å². The summed E-state index contributed by atoms with van der Waals surface area (Å²) in [7, 11) is 1.99. The monoisotopic (exact) mass is 547 g/mol. The highest BCUT2D eigenvalue weighted by molar-refractivity contribution is 5.96. The summed E-state index contributed by atoms with van der Waals surface area (Å²) in [6, 6.07) is 6.47. The molecule has 5 rings (SSSR count). The van der Waals surface area contributed by atoms with E-state index >= 15 is 0 Å². The number of anilines is 1. The van der Waals surface area contributed by atoms with Crippen molar-refractivity contribution >= 4 is 17.5 Å². The second-order valence-electron chi connectivity index (χ2n) is 13.8. The zero-order valence-corrected chi connectivity index (χ0v) is 25.4. The standard InChI is InChI=1S/C33H49N5O2/c1-24-6-12-29-27(20-24)21-30-28(22-34-35(30)5)23-38(29)32(40)26-10-7-25(8-11-26)9-13-31(39)37-18-16-36(17-19-37)15-14-33(2,3)4/h6,12,20,22,25-26H,7-11,13-19,21,23H2,1-5H3. The molecule has 0 bridgehead atoms. The number of piperazine rings is 1. The van der Waals surface area contributed by atoms with Crippen LogP contribution in [0.25, 0.3) is 0 Å². The number of hydrogen-bond acceptors (Lipinski definition) is 4. The third-order valence-electron chi connectivity index (χ3n) is 9.49. The summed E-state index contributed by atoms with van der Waals surface area (Å²) < 4.78 is 1.95. The highest BCUT2D eigenvalue weighted by atomic mass is 16.2. The molecule has 2 aromatic rings. The summed E-state index contributed by atoms with van der Waals surface area (Å²) in [5.74, 6) is 1.17. The highest BCUT2D eigenvalue weighted by Crippen LogP contribution is 2.37. The van der Waals surface area contributed by atoms with Gasteiger partial charge < -0.3 is 9.80 Å². The lowest BCUT2D eigenvalue weighted by Gasteiger charge is -2.36. The molecule has 0 radical (unpaired) electrons. The van der Waals surface area contributed by atoms with E-state index in [0.717, 1.165) is 82.5 Å². The van der Waals surface area contributed by atoms with Crippen molar-refractivity contribution in [3.8, 4) is 0 Å². The number of nitrogens with zero attached hydrogens (tertiary/aromatic N) is 5. The molecule has 1 saturated carbocycles. The molecule has 0 N–H and O–H groups in total. The minimum absolute atomic E-state index is 0.0560. The molecule has 1 saturated heterocycles. The maximum Gasteiger partial charge on any atom is 0.230 e. The summed E-state index contributed by atoms with van der Waals surface area (Å²) in [4.78, 5) is 33.5. The maximum absolute atomic E-state index is 13.9. The van der Waals surface area contributed by atoms with E-state index in [1.54, 1.807) is 0 Å². The fourth-order valence-corrected chi connectivity index (χ4v) is 6.74. The number of benzene rings is 1. The van der Waals surface area contributed by atoms with Gasteiger partial charge in [-0.25, -0.2) is 0 Å². The van der Waals surface area contributed by atoms with Gasteiger partial charge in [0, 0.05) is 68.9 Å². The summed E-state index contributed by atoms with van der Waals surface area (Å²) in [5, 5.41) is 4.49. The molecule has 2 fully saturated rings. The number of fused-ring (bicyclic) bond motifs is 2. The van der Waals surface area contributed by atoms with Crippen LogP contribution in [0.1, 0.15) is 88.1 Å². The first kappa shape index (κ1) is 28.8. The van der Waals surface area contributed by atoms with Gasteiger partial charge in [0.2, 0.25) is 11.8 Å². The van der Waals surface area contributed by atoms with Gasteiger partial charge in [0.05, 0.1) is 12.7 Å². The van der Waals surface area contributed by atoms with Gasteiger partial charge >= 0.3 is 0 Å². The molecule has 218 valence electrons. The van der Waals surface area contributed by atoms with Crippen LogP contribution in [0.4, 0.5) is 5.69 Å². The van der Waals surface area contributed by atoms with Gasteiger partial charge in [-0.1, -0.05) is 38.5 Å². The van der Waals surface area contributed by atoms with Crippen LogP contribution in [0.5, 0.6) is 0 Å². The quantitative estimate of drug-likeness (QED) is 0.490. The Morgan fingerprint density at radius 3 is 2.42 bits per heavy atom. The molecule has 2 amide bonds. The second kappa shape index (κ2) is 12.1. The molecule has 0 spiro atoms. The number of aromatic nitrogens is 2. The first-order valence-electron chi connectivity index (χ1n) is 15.5. The van der Waals surface area contributed by atoms with Crippen LogP contribution in [-0.2, 0) is 29.6 Å². The fraction of sp³-hybridized carbons (Fsp3) is 0.667. The lowest BCUT2D eigenvalue weighted by Crippen LogP contribution is -2.49. The van der Waals surface area contributed by atoms with Gasteiger partial charge in [-0.15, -0.1) is 0 Å². The Labute approximate surface area is 240 Å². The molecule has 3 aliphatic rings. The Balaban J connectivity index is 1.11. The predicted molar refractivity (Wildman–Crippen MR) is 160 cm³/mol. The van der Waals surface area contributed by atoms with E-state index in [-0.39, 0.29) is 11.8 Å². The number of carbonyl (C=O) groups excluding carboxylic acids is 2. The predicted octanol–water partition coefficient (Wildman–Crippen LogP) is 5.33. The van der Waals surface area contributed by atoms with Crippen LogP contribution in [0, 0.1) is 24.2 Å². The fourth-order valence-electron chi connectivity index (χ4n) is 6.74. The van der Waals surface area contributed by atoms with Crippen molar-refractivity contribution in [2.24, 2.45) is 24.3 Å². The molecule has 3 heterocycles. The van der Waals surface area contributed by atoms with Crippen molar-refractivity contribution in [3.05, 3.63) is 46.8 Å². The first-order chi connectivity index (χ1) is 19.1. The van der Waals surface area contributed by atoms with E-state index in [0.29, 0.717) is 30.2 Å². The molecule has 2 aliphatic heterocycles. The zero-order valence-electron chi connectivity index (χ0n) is 25.4. The summed E-state index contributed by atoms with van der Waals surface area (Å²) in [6.45, 7) is 14.4. The highest BCUT2D eigenvalue weighted by Gasteiger charge is 2.33. The van der Waals surface area contributed by atoms with E-state index in [2.05, 4.69) is 60.8 Å². The second-order valence-corrected chi connectivity index (χ2v) is 13.8. The lowest BCUT2D eigenvalue weighted by molar-refractivity contribution is -0.133. The smallest absolute Gasteiger partial charge is 0.230 e. The number of amides is 2. The summed E-state index contributed by atoms with van der Waals surface area (Å²) in [6.07, 6.45) is 9.44. The van der Waals surface area contributed by atoms with Crippen molar-refractivity contribution in [1.82, 2.24) is 19.6 Å². The Morgan fingerprint density at radius 2 is 1.73 bits per heavy atom. The number of carbonyl (C=O) groups is 2. The van der Waals surface area contributed by atoms with E-state index in [1.807, 2.05) is 22.8 Å². The third-order valence-corrected chi connectivity index (χ3v) is 9.49. The molecule has 7 heteroatoms. The van der Waals surface area contributed by atoms with Crippen molar-refractivity contribution in [2.45, 2.75) is 85.6 Å². The minimum atomic E-state index is 0.0560. The van der Waals surface area contributed by atoms with Crippen molar-refractivity contribution < 1.29 is 9.59 Å². The van der Waals surface area contributed by atoms with Crippen LogP contribution in [0.3, 0.4) is 0 Å². The lowest BCUT2D eigenvalue weighted by atomic mass is 9.79. The molecule has 1 aromatic carbocycles. The molecular formula is C33H49N5O2. The Bertz CT molecular complexity index is 1200. The average molecular weight is 548 g/mol. The van der Waals surface area contributed by atoms with Gasteiger partial charge in [-0.05, 0) is 75.0 Å². The van der Waals surface area contributed by atoms with Crippen LogP contribution in [0.2, 0.25) is 0 Å². The topological polar surface area (TPSA) is 61.7 Å². The SMILES string of the molecule is Cc1ccc2c(c1)Cc1c(cnn1C)CN2C(=O)C1CCC(CCC(=O)N2CCN(CCC(C)(C)C)CC2)CC1. The van der Waals surface area contributed by atoms with Crippen molar-refractivity contribution in [1.29, 1.82) is 0 Å². The Hall–Kier alpha value is -2.67. The zero-order chi connectivity index (χ0) is 28.4. The van der Waals surface area contributed by atoms with E-state index in [9.17, 15) is 9.59 Å². The molecular weight excluding hydrogens is 498 g/mol. The van der Waals surface area contributed by atoms with E-state index < -0.39 is 0 Å². The molecule has 0 unspecified atom stereocenters. The molecule has 40 heavy (non-hydrogen) atoms.